The van der Waals surface area contributed by atoms with Crippen molar-refractivity contribution < 1.29 is 9.90 Å². The molecule has 2 atom stereocenters. The summed E-state index contributed by atoms with van der Waals surface area (Å²) in [6.07, 6.45) is 5.48. The number of fused-ring (bicyclic) bond motifs is 1. The number of amides is 1. The number of carbonyl (C=O) groups excluding carboxylic acids is 1. The van der Waals surface area contributed by atoms with Gasteiger partial charge in [-0.2, -0.15) is 0 Å². The Morgan fingerprint density at radius 3 is 2.96 bits per heavy atom. The summed E-state index contributed by atoms with van der Waals surface area (Å²) in [5.74, 6) is 0.0791. The van der Waals surface area contributed by atoms with E-state index in [1.165, 1.54) is 0 Å². The summed E-state index contributed by atoms with van der Waals surface area (Å²) in [6, 6.07) is 4.11. The molecule has 2 saturated heterocycles. The van der Waals surface area contributed by atoms with Crippen molar-refractivity contribution in [1.82, 2.24) is 19.2 Å². The van der Waals surface area contributed by atoms with E-state index in [1.807, 2.05) is 40.8 Å². The molecule has 23 heavy (non-hydrogen) atoms. The third kappa shape index (κ3) is 2.72. The van der Waals surface area contributed by atoms with Gasteiger partial charge < -0.3 is 14.4 Å². The Balaban J connectivity index is 1.48. The minimum absolute atomic E-state index is 0.0791. The zero-order chi connectivity index (χ0) is 16.0. The lowest BCUT2D eigenvalue weighted by molar-refractivity contribution is 0.0778. The molecule has 0 radical (unpaired) electrons. The summed E-state index contributed by atoms with van der Waals surface area (Å²) in [6.45, 7) is 5.17. The Kier molecular flexibility index (Phi) is 3.58. The van der Waals surface area contributed by atoms with Crippen LogP contribution in [0, 0.1) is 6.92 Å². The molecule has 4 heterocycles. The molecule has 0 saturated carbocycles. The number of nitrogens with zero attached hydrogens (tertiary/aromatic N) is 4. The molecule has 2 unspecified atom stereocenters. The van der Waals surface area contributed by atoms with Crippen molar-refractivity contribution >= 4 is 11.6 Å². The number of aliphatic hydroxyl groups excluding tert-OH is 1. The molecule has 2 aliphatic heterocycles. The van der Waals surface area contributed by atoms with Gasteiger partial charge in [-0.25, -0.2) is 4.98 Å². The van der Waals surface area contributed by atoms with Crippen LogP contribution < -0.4 is 0 Å². The largest absolute Gasteiger partial charge is 0.392 e. The van der Waals surface area contributed by atoms with Crippen molar-refractivity contribution in [2.45, 2.75) is 31.9 Å². The highest BCUT2D eigenvalue weighted by Crippen LogP contribution is 2.22. The minimum atomic E-state index is -0.203. The molecule has 1 amide bonds. The van der Waals surface area contributed by atoms with Gasteiger partial charge in [0, 0.05) is 50.2 Å². The van der Waals surface area contributed by atoms with Gasteiger partial charge in [-0.3, -0.25) is 9.69 Å². The second-order valence-corrected chi connectivity index (χ2v) is 6.69. The highest BCUT2D eigenvalue weighted by Gasteiger charge is 2.34. The maximum atomic E-state index is 12.7. The number of aliphatic hydroxyl groups is 1. The van der Waals surface area contributed by atoms with Crippen molar-refractivity contribution in [2.24, 2.45) is 0 Å². The molecule has 2 aliphatic rings. The van der Waals surface area contributed by atoms with Crippen LogP contribution in [0.25, 0.3) is 5.65 Å². The fraction of sp³-hybridized carbons (Fsp3) is 0.529. The minimum Gasteiger partial charge on any atom is -0.392 e. The molecule has 6 nitrogen and oxygen atoms in total. The third-order valence-electron chi connectivity index (χ3n) is 4.99. The van der Waals surface area contributed by atoms with Crippen molar-refractivity contribution in [1.29, 1.82) is 0 Å². The van der Waals surface area contributed by atoms with Crippen molar-refractivity contribution in [3.8, 4) is 0 Å². The molecule has 122 valence electrons. The Morgan fingerprint density at radius 2 is 2.17 bits per heavy atom. The first-order valence-corrected chi connectivity index (χ1v) is 8.27. The van der Waals surface area contributed by atoms with Crippen LogP contribution in [-0.4, -0.2) is 68.5 Å². The summed E-state index contributed by atoms with van der Waals surface area (Å²) in [7, 11) is 0. The Morgan fingerprint density at radius 1 is 1.30 bits per heavy atom. The van der Waals surface area contributed by atoms with E-state index in [2.05, 4.69) is 9.88 Å². The Bertz CT molecular complexity index is 741. The first-order valence-electron chi connectivity index (χ1n) is 8.27. The van der Waals surface area contributed by atoms with Crippen molar-refractivity contribution in [3.05, 3.63) is 35.8 Å². The molecule has 2 aromatic heterocycles. The first kappa shape index (κ1) is 14.7. The molecule has 2 fully saturated rings. The second-order valence-electron chi connectivity index (χ2n) is 6.69. The zero-order valence-electron chi connectivity index (χ0n) is 13.4. The predicted octanol–water partition coefficient (Wildman–Crippen LogP) is 0.924. The summed E-state index contributed by atoms with van der Waals surface area (Å²) in [5, 5.41) is 9.68. The number of rotatable bonds is 2. The van der Waals surface area contributed by atoms with E-state index in [9.17, 15) is 9.90 Å². The number of hydrogen-bond donors (Lipinski definition) is 1. The maximum absolute atomic E-state index is 12.7. The highest BCUT2D eigenvalue weighted by atomic mass is 16.3. The second kappa shape index (κ2) is 5.62. The van der Waals surface area contributed by atoms with Gasteiger partial charge in [-0.15, -0.1) is 0 Å². The SMILES string of the molecule is Cc1cn2ccc(C(=O)N3CCC(N4CCC(O)C4)C3)cc2n1. The lowest BCUT2D eigenvalue weighted by Gasteiger charge is -2.23. The number of carbonyl (C=O) groups is 1. The molecule has 4 rings (SSSR count). The zero-order valence-corrected chi connectivity index (χ0v) is 13.4. The molecule has 1 N–H and O–H groups in total. The number of aryl methyl sites for hydroxylation is 1. The number of imidazole rings is 1. The van der Waals surface area contributed by atoms with Crippen LogP contribution in [0.2, 0.25) is 0 Å². The van der Waals surface area contributed by atoms with Crippen LogP contribution in [0.5, 0.6) is 0 Å². The normalized spacial score (nSPS) is 25.6. The van der Waals surface area contributed by atoms with E-state index in [1.54, 1.807) is 0 Å². The Labute approximate surface area is 135 Å². The molecule has 0 spiro atoms. The van der Waals surface area contributed by atoms with Gasteiger partial charge in [-0.05, 0) is 31.9 Å². The smallest absolute Gasteiger partial charge is 0.254 e. The van der Waals surface area contributed by atoms with E-state index in [4.69, 9.17) is 0 Å². The van der Waals surface area contributed by atoms with Crippen molar-refractivity contribution in [2.75, 3.05) is 26.2 Å². The quantitative estimate of drug-likeness (QED) is 0.895. The van der Waals surface area contributed by atoms with Crippen LogP contribution in [0.4, 0.5) is 0 Å². The standard InChI is InChI=1S/C17H22N4O2/c1-12-9-20-5-2-13(8-16(20)18-12)17(23)21-6-3-14(10-21)19-7-4-15(22)11-19/h2,5,8-9,14-15,22H,3-4,6-7,10-11H2,1H3. The predicted molar refractivity (Wildman–Crippen MR) is 86.4 cm³/mol. The maximum Gasteiger partial charge on any atom is 0.254 e. The van der Waals surface area contributed by atoms with Gasteiger partial charge in [0.05, 0.1) is 11.8 Å². The highest BCUT2D eigenvalue weighted by molar-refractivity contribution is 5.95. The Hall–Kier alpha value is -1.92. The van der Waals surface area contributed by atoms with Crippen LogP contribution in [-0.2, 0) is 0 Å². The van der Waals surface area contributed by atoms with Gasteiger partial charge in [0.1, 0.15) is 5.65 Å². The fourth-order valence-electron chi connectivity index (χ4n) is 3.75. The number of pyridine rings is 1. The number of aromatic nitrogens is 2. The molecule has 0 aliphatic carbocycles. The van der Waals surface area contributed by atoms with Crippen LogP contribution in [0.15, 0.2) is 24.5 Å². The third-order valence-corrected chi connectivity index (χ3v) is 4.99. The molecular weight excluding hydrogens is 292 g/mol. The van der Waals surface area contributed by atoms with Crippen LogP contribution in [0.1, 0.15) is 28.9 Å². The van der Waals surface area contributed by atoms with Crippen LogP contribution >= 0.6 is 0 Å². The number of likely N-dealkylation sites (tertiary alicyclic amines) is 2. The fourth-order valence-corrected chi connectivity index (χ4v) is 3.75. The molecule has 2 aromatic rings. The molecule has 0 bridgehead atoms. The summed E-state index contributed by atoms with van der Waals surface area (Å²) < 4.78 is 1.94. The van der Waals surface area contributed by atoms with Gasteiger partial charge in [-0.1, -0.05) is 0 Å². The van der Waals surface area contributed by atoms with Gasteiger partial charge >= 0.3 is 0 Å². The number of hydrogen-bond acceptors (Lipinski definition) is 4. The average Bonchev–Trinajstić information content (AvgIpc) is 3.23. The van der Waals surface area contributed by atoms with E-state index in [0.29, 0.717) is 11.6 Å². The summed E-state index contributed by atoms with van der Waals surface area (Å²) in [5.41, 5.74) is 2.46. The van der Waals surface area contributed by atoms with E-state index in [0.717, 1.165) is 50.4 Å². The number of β-amino-alcohol motifs (C(OH)–C–C–N with tert-alkyl or cyclic N) is 1. The summed E-state index contributed by atoms with van der Waals surface area (Å²) in [4.78, 5) is 21.4. The van der Waals surface area contributed by atoms with Gasteiger partial charge in [0.25, 0.3) is 5.91 Å². The lowest BCUT2D eigenvalue weighted by Crippen LogP contribution is -2.38. The first-order chi connectivity index (χ1) is 11.1. The summed E-state index contributed by atoms with van der Waals surface area (Å²) >= 11 is 0. The molecule has 0 aromatic carbocycles. The van der Waals surface area contributed by atoms with E-state index >= 15 is 0 Å². The van der Waals surface area contributed by atoms with Crippen LogP contribution in [0.3, 0.4) is 0 Å². The van der Waals surface area contributed by atoms with Crippen molar-refractivity contribution in [3.63, 3.8) is 0 Å². The molecular formula is C17H22N4O2. The lowest BCUT2D eigenvalue weighted by atomic mass is 10.2. The average molecular weight is 314 g/mol. The van der Waals surface area contributed by atoms with E-state index in [-0.39, 0.29) is 12.0 Å². The monoisotopic (exact) mass is 314 g/mol. The van der Waals surface area contributed by atoms with E-state index < -0.39 is 0 Å². The van der Waals surface area contributed by atoms with Gasteiger partial charge in [0.15, 0.2) is 0 Å². The van der Waals surface area contributed by atoms with Gasteiger partial charge in [0.2, 0.25) is 0 Å². The topological polar surface area (TPSA) is 61.1 Å². The molecule has 6 heteroatoms.